The molecule has 4 rings (SSSR count). The van der Waals surface area contributed by atoms with Crippen molar-refractivity contribution in [3.63, 3.8) is 0 Å². The molecule has 1 aromatic heterocycles. The van der Waals surface area contributed by atoms with Crippen LogP contribution in [0.15, 0.2) is 76.4 Å². The summed E-state index contributed by atoms with van der Waals surface area (Å²) < 4.78 is 6.28. The van der Waals surface area contributed by atoms with Crippen LogP contribution in [0.2, 0.25) is 0 Å². The van der Waals surface area contributed by atoms with Crippen molar-refractivity contribution >= 4 is 23.2 Å². The van der Waals surface area contributed by atoms with E-state index in [1.807, 2.05) is 68.4 Å². The van der Waals surface area contributed by atoms with E-state index in [1.54, 1.807) is 16.2 Å². The van der Waals surface area contributed by atoms with E-state index in [0.717, 1.165) is 22.4 Å². The Labute approximate surface area is 181 Å². The van der Waals surface area contributed by atoms with Gasteiger partial charge >= 0.3 is 6.03 Å². The highest BCUT2D eigenvalue weighted by atomic mass is 32.1. The third-order valence-corrected chi connectivity index (χ3v) is 5.83. The maximum Gasteiger partial charge on any atom is 0.323 e. The van der Waals surface area contributed by atoms with E-state index in [1.165, 1.54) is 0 Å². The maximum absolute atomic E-state index is 12.9. The molecule has 2 amide bonds. The van der Waals surface area contributed by atoms with Gasteiger partial charge in [-0.2, -0.15) is 11.3 Å². The molecule has 3 aromatic rings. The van der Waals surface area contributed by atoms with Crippen molar-refractivity contribution in [3.05, 3.63) is 77.0 Å². The Kier molecular flexibility index (Phi) is 6.14. The lowest BCUT2D eigenvalue weighted by Gasteiger charge is -2.26. The van der Waals surface area contributed by atoms with E-state index in [2.05, 4.69) is 27.1 Å². The SMILES string of the molecule is C[C@H](Oc1ccccc1-c1ccsc1)C1=NCCN1C(=O)N[C@H](C)c1ccccc1. The number of nitrogens with zero attached hydrogens (tertiary/aromatic N) is 2. The molecule has 0 saturated heterocycles. The Balaban J connectivity index is 1.46. The molecule has 0 fully saturated rings. The average Bonchev–Trinajstić information content (AvgIpc) is 3.47. The summed E-state index contributed by atoms with van der Waals surface area (Å²) in [6.45, 7) is 5.07. The van der Waals surface area contributed by atoms with E-state index in [9.17, 15) is 4.79 Å². The average molecular weight is 420 g/mol. The summed E-state index contributed by atoms with van der Waals surface area (Å²) in [4.78, 5) is 19.2. The molecule has 30 heavy (non-hydrogen) atoms. The van der Waals surface area contributed by atoms with E-state index in [-0.39, 0.29) is 18.2 Å². The van der Waals surface area contributed by atoms with Crippen LogP contribution in [-0.2, 0) is 0 Å². The summed E-state index contributed by atoms with van der Waals surface area (Å²) in [6.07, 6.45) is -0.343. The molecule has 154 valence electrons. The lowest BCUT2D eigenvalue weighted by molar-refractivity contribution is 0.213. The number of hydrogen-bond acceptors (Lipinski definition) is 4. The number of para-hydroxylation sites is 1. The molecule has 6 heteroatoms. The quantitative estimate of drug-likeness (QED) is 0.584. The monoisotopic (exact) mass is 419 g/mol. The fourth-order valence-corrected chi connectivity index (χ4v) is 4.23. The second kappa shape index (κ2) is 9.13. The van der Waals surface area contributed by atoms with Crippen molar-refractivity contribution in [2.75, 3.05) is 13.1 Å². The van der Waals surface area contributed by atoms with E-state index in [4.69, 9.17) is 4.74 Å². The number of thiophene rings is 1. The zero-order chi connectivity index (χ0) is 20.9. The lowest BCUT2D eigenvalue weighted by atomic mass is 10.1. The number of aliphatic imine (C=N–C) groups is 1. The van der Waals surface area contributed by atoms with Gasteiger partial charge in [0.1, 0.15) is 11.6 Å². The van der Waals surface area contributed by atoms with E-state index < -0.39 is 0 Å². The predicted molar refractivity (Wildman–Crippen MR) is 122 cm³/mol. The van der Waals surface area contributed by atoms with Crippen molar-refractivity contribution in [2.45, 2.75) is 26.0 Å². The van der Waals surface area contributed by atoms with Gasteiger partial charge in [-0.25, -0.2) is 4.79 Å². The summed E-state index contributed by atoms with van der Waals surface area (Å²) in [7, 11) is 0. The molecule has 0 spiro atoms. The van der Waals surface area contributed by atoms with Crippen molar-refractivity contribution in [3.8, 4) is 16.9 Å². The minimum absolute atomic E-state index is 0.0870. The van der Waals surface area contributed by atoms with Gasteiger partial charge in [0.25, 0.3) is 0 Å². The molecule has 1 aliphatic heterocycles. The van der Waals surface area contributed by atoms with Crippen LogP contribution in [0.5, 0.6) is 5.75 Å². The Bertz CT molecular complexity index is 1020. The first-order valence-corrected chi connectivity index (χ1v) is 11.0. The molecule has 1 N–H and O–H groups in total. The molecule has 0 radical (unpaired) electrons. The van der Waals surface area contributed by atoms with Crippen LogP contribution in [0, 0.1) is 0 Å². The fourth-order valence-electron chi connectivity index (χ4n) is 3.58. The second-order valence-electron chi connectivity index (χ2n) is 7.24. The molecule has 2 aromatic carbocycles. The Morgan fingerprint density at radius 1 is 1.10 bits per heavy atom. The number of rotatable bonds is 6. The van der Waals surface area contributed by atoms with Crippen molar-refractivity contribution in [1.82, 2.24) is 10.2 Å². The molecular formula is C24H25N3O2S. The molecule has 0 saturated carbocycles. The van der Waals surface area contributed by atoms with Crippen LogP contribution >= 0.6 is 11.3 Å². The van der Waals surface area contributed by atoms with Gasteiger partial charge < -0.3 is 10.1 Å². The summed E-state index contributed by atoms with van der Waals surface area (Å²) in [5, 5.41) is 7.23. The van der Waals surface area contributed by atoms with Gasteiger partial charge in [0.05, 0.1) is 12.6 Å². The number of nitrogens with one attached hydrogen (secondary N) is 1. The summed E-state index contributed by atoms with van der Waals surface area (Å²) in [6, 6.07) is 19.7. The van der Waals surface area contributed by atoms with E-state index >= 15 is 0 Å². The smallest absolute Gasteiger partial charge is 0.323 e. The topological polar surface area (TPSA) is 53.9 Å². The number of urea groups is 1. The highest BCUT2D eigenvalue weighted by Gasteiger charge is 2.30. The first-order valence-electron chi connectivity index (χ1n) is 10.1. The highest BCUT2D eigenvalue weighted by Crippen LogP contribution is 2.32. The number of ether oxygens (including phenoxy) is 1. The van der Waals surface area contributed by atoms with Crippen LogP contribution in [-0.4, -0.2) is 36.0 Å². The van der Waals surface area contributed by atoms with Crippen LogP contribution in [0.3, 0.4) is 0 Å². The zero-order valence-electron chi connectivity index (χ0n) is 17.1. The molecule has 1 aliphatic rings. The minimum Gasteiger partial charge on any atom is -0.482 e. The number of amides is 2. The Morgan fingerprint density at radius 2 is 1.87 bits per heavy atom. The number of carbonyl (C=O) groups is 1. The third kappa shape index (κ3) is 4.39. The molecule has 5 nitrogen and oxygen atoms in total. The zero-order valence-corrected chi connectivity index (χ0v) is 17.9. The minimum atomic E-state index is -0.343. The van der Waals surface area contributed by atoms with Gasteiger partial charge in [-0.15, -0.1) is 0 Å². The van der Waals surface area contributed by atoms with Gasteiger partial charge in [-0.1, -0.05) is 48.5 Å². The van der Waals surface area contributed by atoms with Crippen molar-refractivity contribution in [1.29, 1.82) is 0 Å². The number of benzene rings is 2. The standard InChI is InChI=1S/C24H25N3O2S/c1-17(19-8-4-3-5-9-19)26-24(28)27-14-13-25-23(27)18(2)29-22-11-7-6-10-21(22)20-12-15-30-16-20/h3-12,15-18H,13-14H2,1-2H3,(H,26,28)/t17-,18+/m1/s1. The fraction of sp³-hybridized carbons (Fsp3) is 0.250. The maximum atomic E-state index is 12.9. The summed E-state index contributed by atoms with van der Waals surface area (Å²) >= 11 is 1.65. The Hall–Kier alpha value is -3.12. The summed E-state index contributed by atoms with van der Waals surface area (Å²) in [5.41, 5.74) is 3.23. The number of hydrogen-bond donors (Lipinski definition) is 1. The predicted octanol–water partition coefficient (Wildman–Crippen LogP) is 5.37. The highest BCUT2D eigenvalue weighted by molar-refractivity contribution is 7.08. The van der Waals surface area contributed by atoms with Gasteiger partial charge in [0.2, 0.25) is 0 Å². The molecule has 0 bridgehead atoms. The van der Waals surface area contributed by atoms with Crippen molar-refractivity contribution < 1.29 is 9.53 Å². The van der Waals surface area contributed by atoms with Gasteiger partial charge in [-0.3, -0.25) is 9.89 Å². The second-order valence-corrected chi connectivity index (χ2v) is 8.02. The molecule has 2 atom stereocenters. The third-order valence-electron chi connectivity index (χ3n) is 5.15. The Morgan fingerprint density at radius 3 is 2.63 bits per heavy atom. The van der Waals surface area contributed by atoms with Crippen LogP contribution in [0.4, 0.5) is 4.79 Å². The van der Waals surface area contributed by atoms with Gasteiger partial charge in [-0.05, 0) is 47.9 Å². The van der Waals surface area contributed by atoms with Crippen LogP contribution in [0.25, 0.3) is 11.1 Å². The number of carbonyl (C=O) groups excluding carboxylic acids is 1. The van der Waals surface area contributed by atoms with Gasteiger partial charge in [0, 0.05) is 12.1 Å². The van der Waals surface area contributed by atoms with Crippen LogP contribution < -0.4 is 10.1 Å². The van der Waals surface area contributed by atoms with Crippen LogP contribution in [0.1, 0.15) is 25.5 Å². The molecule has 2 heterocycles. The molecular weight excluding hydrogens is 394 g/mol. The molecule has 0 aliphatic carbocycles. The first-order chi connectivity index (χ1) is 14.6. The normalized spacial score (nSPS) is 15.4. The molecule has 0 unspecified atom stereocenters. The van der Waals surface area contributed by atoms with Gasteiger partial charge in [0.15, 0.2) is 6.10 Å². The van der Waals surface area contributed by atoms with E-state index in [0.29, 0.717) is 18.9 Å². The summed E-state index contributed by atoms with van der Waals surface area (Å²) in [5.74, 6) is 1.45. The number of amidine groups is 1. The van der Waals surface area contributed by atoms with Crippen molar-refractivity contribution in [2.24, 2.45) is 4.99 Å². The first kappa shape index (κ1) is 20.2. The lowest BCUT2D eigenvalue weighted by Crippen LogP contribution is -2.47. The largest absolute Gasteiger partial charge is 0.482 e.